The lowest BCUT2D eigenvalue weighted by Gasteiger charge is -2.08. The summed E-state index contributed by atoms with van der Waals surface area (Å²) < 4.78 is 0.520. The number of nitrogens with two attached hydrogens (primary N) is 1. The molecule has 6 nitrogen and oxygen atoms in total. The van der Waals surface area contributed by atoms with E-state index in [1.54, 1.807) is 12.3 Å². The van der Waals surface area contributed by atoms with Gasteiger partial charge in [-0.15, -0.1) is 11.3 Å². The van der Waals surface area contributed by atoms with E-state index in [0.29, 0.717) is 15.2 Å². The average molecular weight is 419 g/mol. The van der Waals surface area contributed by atoms with Crippen LogP contribution in [0.1, 0.15) is 23.4 Å². The molecule has 1 atom stereocenters. The Labute approximate surface area is 168 Å². The first-order chi connectivity index (χ1) is 12.8. The molecule has 0 saturated heterocycles. The van der Waals surface area contributed by atoms with Gasteiger partial charge in [-0.1, -0.05) is 35.6 Å². The van der Waals surface area contributed by atoms with Gasteiger partial charge in [-0.2, -0.15) is 0 Å². The Bertz CT molecular complexity index is 1010. The minimum absolute atomic E-state index is 0.152. The number of aromatic nitrogens is 2. The molecule has 9 heteroatoms. The van der Waals surface area contributed by atoms with Crippen molar-refractivity contribution in [2.24, 2.45) is 5.73 Å². The summed E-state index contributed by atoms with van der Waals surface area (Å²) in [5, 5.41) is 5.20. The second-order valence-electron chi connectivity index (χ2n) is 5.69. The highest BCUT2D eigenvalue weighted by atomic mass is 35.5. The molecule has 0 saturated carbocycles. The zero-order valence-corrected chi connectivity index (χ0v) is 16.6. The third-order valence-corrected chi connectivity index (χ3v) is 6.00. The van der Waals surface area contributed by atoms with Gasteiger partial charge in [0.2, 0.25) is 11.8 Å². The molecule has 0 radical (unpaired) electrons. The number of anilines is 1. The molecule has 138 valence electrons. The van der Waals surface area contributed by atoms with Crippen molar-refractivity contribution in [2.75, 3.05) is 5.32 Å². The summed E-state index contributed by atoms with van der Waals surface area (Å²) in [5.74, 6) is -1.09. The lowest BCUT2D eigenvalue weighted by molar-refractivity contribution is -0.117. The molecular weight excluding hydrogens is 404 g/mol. The summed E-state index contributed by atoms with van der Waals surface area (Å²) in [7, 11) is 0. The normalized spacial score (nSPS) is 11.8. The van der Waals surface area contributed by atoms with E-state index in [0.717, 1.165) is 16.0 Å². The van der Waals surface area contributed by atoms with Crippen LogP contribution in [0.15, 0.2) is 42.6 Å². The standard InChI is InChI=1S/C18H15ClN4O2S2/c1-9(16(20)24)13-4-3-11(6-21-13)12-5-14(26-8-12)10(2)17(25)23-18-22-7-15(19)27-18/h3-8,10H,1H2,2H3,(H2,20,24)(H,22,23,25). The highest BCUT2D eigenvalue weighted by Gasteiger charge is 2.19. The average Bonchev–Trinajstić information content (AvgIpc) is 3.29. The number of thiophene rings is 1. The third-order valence-electron chi connectivity index (χ3n) is 3.85. The Balaban J connectivity index is 1.73. The van der Waals surface area contributed by atoms with Crippen LogP contribution in [0.4, 0.5) is 5.13 Å². The minimum Gasteiger partial charge on any atom is -0.366 e. The van der Waals surface area contributed by atoms with Gasteiger partial charge in [-0.05, 0) is 30.0 Å². The third kappa shape index (κ3) is 4.41. The molecule has 3 N–H and O–H groups in total. The van der Waals surface area contributed by atoms with Crippen LogP contribution in [0.3, 0.4) is 0 Å². The van der Waals surface area contributed by atoms with Crippen molar-refractivity contribution in [2.45, 2.75) is 12.8 Å². The van der Waals surface area contributed by atoms with Gasteiger partial charge in [0.15, 0.2) is 5.13 Å². The molecule has 0 fully saturated rings. The van der Waals surface area contributed by atoms with Crippen LogP contribution < -0.4 is 11.1 Å². The molecule has 0 aliphatic heterocycles. The van der Waals surface area contributed by atoms with Crippen molar-refractivity contribution in [3.63, 3.8) is 0 Å². The van der Waals surface area contributed by atoms with Gasteiger partial charge >= 0.3 is 0 Å². The molecule has 3 aromatic heterocycles. The maximum Gasteiger partial charge on any atom is 0.250 e. The lowest BCUT2D eigenvalue weighted by atomic mass is 10.1. The van der Waals surface area contributed by atoms with Crippen LogP contribution in [-0.2, 0) is 9.59 Å². The van der Waals surface area contributed by atoms with Crippen LogP contribution >= 0.6 is 34.3 Å². The van der Waals surface area contributed by atoms with Crippen LogP contribution in [0.25, 0.3) is 16.7 Å². The van der Waals surface area contributed by atoms with Crippen molar-refractivity contribution >= 4 is 56.8 Å². The van der Waals surface area contributed by atoms with E-state index in [1.165, 1.54) is 28.9 Å². The molecule has 3 heterocycles. The minimum atomic E-state index is -0.602. The maximum atomic E-state index is 12.4. The van der Waals surface area contributed by atoms with Gasteiger partial charge in [0.1, 0.15) is 4.34 Å². The van der Waals surface area contributed by atoms with Gasteiger partial charge in [-0.25, -0.2) is 4.98 Å². The Morgan fingerprint density at radius 2 is 2.04 bits per heavy atom. The zero-order chi connectivity index (χ0) is 19.6. The fourth-order valence-corrected chi connectivity index (χ4v) is 4.04. The van der Waals surface area contributed by atoms with Gasteiger partial charge in [-0.3, -0.25) is 14.6 Å². The number of carbonyl (C=O) groups excluding carboxylic acids is 2. The van der Waals surface area contributed by atoms with E-state index in [1.807, 2.05) is 24.4 Å². The quantitative estimate of drug-likeness (QED) is 0.587. The van der Waals surface area contributed by atoms with Gasteiger partial charge in [0, 0.05) is 16.6 Å². The van der Waals surface area contributed by atoms with Gasteiger partial charge in [0.05, 0.1) is 23.4 Å². The topological polar surface area (TPSA) is 98.0 Å². The number of hydrogen-bond donors (Lipinski definition) is 2. The highest BCUT2D eigenvalue weighted by Crippen LogP contribution is 2.31. The van der Waals surface area contributed by atoms with E-state index < -0.39 is 5.91 Å². The Hall–Kier alpha value is -2.55. The molecule has 0 aliphatic rings. The SMILES string of the molecule is C=C(C(N)=O)c1ccc(-c2csc(C(C)C(=O)Nc3ncc(Cl)s3)c2)cn1. The van der Waals surface area contributed by atoms with Crippen molar-refractivity contribution in [3.05, 3.63) is 57.5 Å². The van der Waals surface area contributed by atoms with Gasteiger partial charge < -0.3 is 11.1 Å². The number of primary amides is 1. The first kappa shape index (κ1) is 19.2. The number of thiazole rings is 1. The Kier molecular flexibility index (Phi) is 5.69. The summed E-state index contributed by atoms with van der Waals surface area (Å²) in [6, 6.07) is 5.48. The first-order valence-corrected chi connectivity index (χ1v) is 9.88. The molecular formula is C18H15ClN4O2S2. The molecule has 0 spiro atoms. The number of pyridine rings is 1. The Morgan fingerprint density at radius 3 is 2.63 bits per heavy atom. The van der Waals surface area contributed by atoms with Crippen molar-refractivity contribution < 1.29 is 9.59 Å². The van der Waals surface area contributed by atoms with Crippen molar-refractivity contribution in [1.82, 2.24) is 9.97 Å². The summed E-state index contributed by atoms with van der Waals surface area (Å²) in [6.45, 7) is 5.45. The van der Waals surface area contributed by atoms with Crippen LogP contribution in [0.2, 0.25) is 4.34 Å². The van der Waals surface area contributed by atoms with Crippen LogP contribution in [0.5, 0.6) is 0 Å². The number of carbonyl (C=O) groups is 2. The molecule has 3 rings (SSSR count). The molecule has 0 aliphatic carbocycles. The van der Waals surface area contributed by atoms with E-state index >= 15 is 0 Å². The second-order valence-corrected chi connectivity index (χ2v) is 8.30. The number of halogens is 1. The Morgan fingerprint density at radius 1 is 1.26 bits per heavy atom. The monoisotopic (exact) mass is 418 g/mol. The van der Waals surface area contributed by atoms with Crippen molar-refractivity contribution in [3.8, 4) is 11.1 Å². The molecule has 27 heavy (non-hydrogen) atoms. The van der Waals surface area contributed by atoms with Gasteiger partial charge in [0.25, 0.3) is 0 Å². The zero-order valence-electron chi connectivity index (χ0n) is 14.2. The van der Waals surface area contributed by atoms with E-state index in [9.17, 15) is 9.59 Å². The second kappa shape index (κ2) is 7.99. The summed E-state index contributed by atoms with van der Waals surface area (Å²) in [5.41, 5.74) is 7.63. The number of amides is 2. The lowest BCUT2D eigenvalue weighted by Crippen LogP contribution is -2.17. The number of nitrogens with one attached hydrogen (secondary N) is 1. The van der Waals surface area contributed by atoms with Crippen molar-refractivity contribution in [1.29, 1.82) is 0 Å². The molecule has 0 aromatic carbocycles. The summed E-state index contributed by atoms with van der Waals surface area (Å²) >= 11 is 8.53. The smallest absolute Gasteiger partial charge is 0.250 e. The fourth-order valence-electron chi connectivity index (χ4n) is 2.26. The predicted molar refractivity (Wildman–Crippen MR) is 110 cm³/mol. The summed E-state index contributed by atoms with van der Waals surface area (Å²) in [4.78, 5) is 32.7. The molecule has 2 amide bonds. The first-order valence-electron chi connectivity index (χ1n) is 7.81. The maximum absolute atomic E-state index is 12.4. The molecule has 1 unspecified atom stereocenters. The van der Waals surface area contributed by atoms with Crippen LogP contribution in [0, 0.1) is 0 Å². The molecule has 3 aromatic rings. The highest BCUT2D eigenvalue weighted by molar-refractivity contribution is 7.19. The van der Waals surface area contributed by atoms with E-state index in [-0.39, 0.29) is 17.4 Å². The summed E-state index contributed by atoms with van der Waals surface area (Å²) in [6.07, 6.45) is 3.15. The largest absolute Gasteiger partial charge is 0.366 e. The number of hydrogen-bond acceptors (Lipinski definition) is 6. The molecule has 0 bridgehead atoms. The van der Waals surface area contributed by atoms with Crippen LogP contribution in [-0.4, -0.2) is 21.8 Å². The number of nitrogens with zero attached hydrogens (tertiary/aromatic N) is 2. The predicted octanol–water partition coefficient (Wildman–Crippen LogP) is 4.16. The fraction of sp³-hybridized carbons (Fsp3) is 0.111. The number of rotatable bonds is 6. The van der Waals surface area contributed by atoms with E-state index in [2.05, 4.69) is 21.9 Å². The van der Waals surface area contributed by atoms with E-state index in [4.69, 9.17) is 17.3 Å².